The monoisotopic (exact) mass is 262 g/mol. The highest BCUT2D eigenvalue weighted by Crippen LogP contribution is 2.31. The number of carbonyl (C=O) groups excluding carboxylic acids is 1. The van der Waals surface area contributed by atoms with Crippen LogP contribution >= 0.6 is 0 Å². The van der Waals surface area contributed by atoms with Gasteiger partial charge in [-0.2, -0.15) is 0 Å². The highest BCUT2D eigenvalue weighted by Gasteiger charge is 2.25. The van der Waals surface area contributed by atoms with Gasteiger partial charge in [0.2, 0.25) is 5.91 Å². The topological polar surface area (TPSA) is 60.9 Å². The van der Waals surface area contributed by atoms with Gasteiger partial charge < -0.3 is 14.9 Å². The van der Waals surface area contributed by atoms with Crippen LogP contribution in [0, 0.1) is 0 Å². The summed E-state index contributed by atoms with van der Waals surface area (Å²) in [6.45, 7) is 1.87. The first-order chi connectivity index (χ1) is 8.90. The number of anilines is 2. The second-order valence-electron chi connectivity index (χ2n) is 5.00. The van der Waals surface area contributed by atoms with Crippen molar-refractivity contribution in [3.05, 3.63) is 23.8 Å². The highest BCUT2D eigenvalue weighted by molar-refractivity contribution is 6.01. The van der Waals surface area contributed by atoms with E-state index in [9.17, 15) is 9.59 Å². The molecule has 0 spiro atoms. The van der Waals surface area contributed by atoms with E-state index < -0.39 is 5.97 Å². The zero-order chi connectivity index (χ0) is 14.2. The van der Waals surface area contributed by atoms with Crippen LogP contribution in [0.15, 0.2) is 18.2 Å². The Labute approximate surface area is 112 Å². The van der Waals surface area contributed by atoms with Gasteiger partial charge in [0, 0.05) is 31.5 Å². The van der Waals surface area contributed by atoms with Gasteiger partial charge in [-0.25, -0.2) is 0 Å². The van der Waals surface area contributed by atoms with Gasteiger partial charge in [-0.05, 0) is 30.7 Å². The molecule has 0 fully saturated rings. The largest absolute Gasteiger partial charge is 0.481 e. The van der Waals surface area contributed by atoms with Gasteiger partial charge in [0.05, 0.1) is 12.8 Å². The lowest BCUT2D eigenvalue weighted by molar-refractivity contribution is -0.137. The molecule has 0 aliphatic carbocycles. The van der Waals surface area contributed by atoms with Crippen molar-refractivity contribution in [2.24, 2.45) is 0 Å². The van der Waals surface area contributed by atoms with E-state index in [0.29, 0.717) is 6.42 Å². The average Bonchev–Trinajstić information content (AvgIpc) is 2.63. The molecule has 1 aromatic carbocycles. The zero-order valence-electron chi connectivity index (χ0n) is 11.4. The summed E-state index contributed by atoms with van der Waals surface area (Å²) >= 11 is 0. The summed E-state index contributed by atoms with van der Waals surface area (Å²) in [6, 6.07) is 5.71. The van der Waals surface area contributed by atoms with Crippen molar-refractivity contribution in [1.29, 1.82) is 0 Å². The summed E-state index contributed by atoms with van der Waals surface area (Å²) in [6.07, 6.45) is 0.507. The maximum atomic E-state index is 11.6. The lowest BCUT2D eigenvalue weighted by Crippen LogP contribution is -2.30. The van der Waals surface area contributed by atoms with E-state index in [2.05, 4.69) is 0 Å². The number of fused-ring (bicyclic) bond motifs is 1. The van der Waals surface area contributed by atoms with E-state index >= 15 is 0 Å². The van der Waals surface area contributed by atoms with Crippen LogP contribution in [-0.2, 0) is 16.0 Å². The predicted octanol–water partition coefficient (Wildman–Crippen LogP) is 1.50. The molecule has 1 aliphatic rings. The molecule has 0 radical (unpaired) electrons. The SMILES string of the molecule is CC(CC(=O)O)N(C)c1ccc2c(c1)CC(=O)N2C. The third-order valence-corrected chi connectivity index (χ3v) is 3.68. The standard InChI is InChI=1S/C14H18N2O3/c1-9(6-14(18)19)15(2)11-4-5-12-10(7-11)8-13(17)16(12)3/h4-5,7,9H,6,8H2,1-3H3,(H,18,19). The van der Waals surface area contributed by atoms with Crippen LogP contribution < -0.4 is 9.80 Å². The minimum Gasteiger partial charge on any atom is -0.481 e. The molecule has 5 heteroatoms. The van der Waals surface area contributed by atoms with E-state index in [1.54, 1.807) is 11.9 Å². The van der Waals surface area contributed by atoms with Crippen LogP contribution in [0.3, 0.4) is 0 Å². The predicted molar refractivity (Wildman–Crippen MR) is 73.7 cm³/mol. The van der Waals surface area contributed by atoms with Crippen molar-refractivity contribution in [3.63, 3.8) is 0 Å². The third-order valence-electron chi connectivity index (χ3n) is 3.68. The number of hydrogen-bond acceptors (Lipinski definition) is 3. The van der Waals surface area contributed by atoms with Gasteiger partial charge in [-0.1, -0.05) is 0 Å². The lowest BCUT2D eigenvalue weighted by Gasteiger charge is -2.26. The Balaban J connectivity index is 2.21. The Hall–Kier alpha value is -2.04. The van der Waals surface area contributed by atoms with Crippen LogP contribution in [0.25, 0.3) is 0 Å². The molecule has 102 valence electrons. The van der Waals surface area contributed by atoms with E-state index in [4.69, 9.17) is 5.11 Å². The summed E-state index contributed by atoms with van der Waals surface area (Å²) in [5, 5.41) is 8.83. The number of carbonyl (C=O) groups is 2. The number of likely N-dealkylation sites (N-methyl/N-ethyl adjacent to an activating group) is 1. The van der Waals surface area contributed by atoms with Crippen LogP contribution in [0.5, 0.6) is 0 Å². The molecule has 1 amide bonds. The molecule has 1 unspecified atom stereocenters. The summed E-state index contributed by atoms with van der Waals surface area (Å²) < 4.78 is 0. The average molecular weight is 262 g/mol. The van der Waals surface area contributed by atoms with Crippen LogP contribution in [0.2, 0.25) is 0 Å². The molecule has 0 saturated heterocycles. The fraction of sp³-hybridized carbons (Fsp3) is 0.429. The Bertz CT molecular complexity index is 527. The molecule has 1 atom stereocenters. The van der Waals surface area contributed by atoms with Crippen molar-refractivity contribution in [2.45, 2.75) is 25.8 Å². The number of rotatable bonds is 4. The van der Waals surface area contributed by atoms with Crippen LogP contribution in [-0.4, -0.2) is 37.1 Å². The summed E-state index contributed by atoms with van der Waals surface area (Å²) in [4.78, 5) is 25.9. The third kappa shape index (κ3) is 2.54. The zero-order valence-corrected chi connectivity index (χ0v) is 11.4. The summed E-state index contributed by atoms with van der Waals surface area (Å²) in [7, 11) is 3.64. The molecule has 2 rings (SSSR count). The minimum atomic E-state index is -0.810. The van der Waals surface area contributed by atoms with Crippen molar-refractivity contribution in [2.75, 3.05) is 23.9 Å². The molecule has 1 aromatic rings. The minimum absolute atomic E-state index is 0.0897. The van der Waals surface area contributed by atoms with Gasteiger partial charge in [0.1, 0.15) is 0 Å². The number of hydrogen-bond donors (Lipinski definition) is 1. The lowest BCUT2D eigenvalue weighted by atomic mass is 10.1. The highest BCUT2D eigenvalue weighted by atomic mass is 16.4. The fourth-order valence-electron chi connectivity index (χ4n) is 2.32. The van der Waals surface area contributed by atoms with Gasteiger partial charge in [-0.15, -0.1) is 0 Å². The molecule has 0 aromatic heterocycles. The second-order valence-corrected chi connectivity index (χ2v) is 5.00. The number of amides is 1. The molecule has 1 N–H and O–H groups in total. The van der Waals surface area contributed by atoms with Crippen molar-refractivity contribution in [3.8, 4) is 0 Å². The first-order valence-electron chi connectivity index (χ1n) is 6.24. The van der Waals surface area contributed by atoms with Crippen molar-refractivity contribution < 1.29 is 14.7 Å². The number of carboxylic acid groups (broad SMARTS) is 1. The van der Waals surface area contributed by atoms with E-state index in [1.165, 1.54) is 0 Å². The second kappa shape index (κ2) is 4.91. The maximum Gasteiger partial charge on any atom is 0.305 e. The Kier molecular flexibility index (Phi) is 3.46. The quantitative estimate of drug-likeness (QED) is 0.893. The van der Waals surface area contributed by atoms with Crippen molar-refractivity contribution >= 4 is 23.3 Å². The number of benzene rings is 1. The molecule has 1 heterocycles. The van der Waals surface area contributed by atoms with Crippen LogP contribution in [0.4, 0.5) is 11.4 Å². The van der Waals surface area contributed by atoms with E-state index in [1.807, 2.05) is 37.1 Å². The van der Waals surface area contributed by atoms with Gasteiger partial charge in [-0.3, -0.25) is 9.59 Å². The number of carboxylic acids is 1. The molecule has 5 nitrogen and oxygen atoms in total. The van der Waals surface area contributed by atoms with Gasteiger partial charge >= 0.3 is 5.97 Å². The van der Waals surface area contributed by atoms with Gasteiger partial charge in [0.15, 0.2) is 0 Å². The molecular formula is C14H18N2O3. The molecule has 0 saturated carbocycles. The summed E-state index contributed by atoms with van der Waals surface area (Å²) in [5.41, 5.74) is 2.88. The maximum absolute atomic E-state index is 11.6. The van der Waals surface area contributed by atoms with Crippen molar-refractivity contribution in [1.82, 2.24) is 0 Å². The summed E-state index contributed by atoms with van der Waals surface area (Å²) in [5.74, 6) is -0.719. The molecule has 1 aliphatic heterocycles. The Morgan fingerprint density at radius 3 is 2.84 bits per heavy atom. The number of nitrogens with zero attached hydrogens (tertiary/aromatic N) is 2. The smallest absolute Gasteiger partial charge is 0.305 e. The molecule has 0 bridgehead atoms. The number of aliphatic carboxylic acids is 1. The normalized spacial score (nSPS) is 15.3. The van der Waals surface area contributed by atoms with Crippen LogP contribution in [0.1, 0.15) is 18.9 Å². The fourth-order valence-corrected chi connectivity index (χ4v) is 2.32. The molecule has 19 heavy (non-hydrogen) atoms. The van der Waals surface area contributed by atoms with E-state index in [-0.39, 0.29) is 18.4 Å². The van der Waals surface area contributed by atoms with Gasteiger partial charge in [0.25, 0.3) is 0 Å². The van der Waals surface area contributed by atoms with E-state index in [0.717, 1.165) is 16.9 Å². The first-order valence-corrected chi connectivity index (χ1v) is 6.24. The Morgan fingerprint density at radius 2 is 2.21 bits per heavy atom. The first kappa shape index (κ1) is 13.4. The molecular weight excluding hydrogens is 244 g/mol. The Morgan fingerprint density at radius 1 is 1.53 bits per heavy atom.